The molecule has 1 aliphatic rings. The van der Waals surface area contributed by atoms with Crippen LogP contribution in [-0.2, 0) is 21.4 Å². The molecule has 1 fully saturated rings. The summed E-state index contributed by atoms with van der Waals surface area (Å²) in [6.45, 7) is 1.52. The van der Waals surface area contributed by atoms with E-state index in [2.05, 4.69) is 4.98 Å². The molecule has 0 atom stereocenters. The number of thioether (sulfide) groups is 1. The Kier molecular flexibility index (Phi) is 7.26. The number of benzene rings is 2. The molecule has 10 heteroatoms. The Morgan fingerprint density at radius 2 is 1.94 bits per heavy atom. The maximum Gasteiger partial charge on any atom is 0.257 e. The first-order chi connectivity index (χ1) is 15.9. The molecule has 1 saturated heterocycles. The Hall–Kier alpha value is -2.56. The topological polar surface area (TPSA) is 92.9 Å². The second-order valence-corrected chi connectivity index (χ2v) is 10.8. The molecule has 1 aliphatic heterocycles. The number of hydrogen-bond acceptors (Lipinski definition) is 7. The van der Waals surface area contributed by atoms with Crippen molar-refractivity contribution in [3.63, 3.8) is 0 Å². The van der Waals surface area contributed by atoms with E-state index in [-0.39, 0.29) is 16.6 Å². The fourth-order valence-corrected chi connectivity index (χ4v) is 6.09. The maximum atomic E-state index is 12.9. The van der Waals surface area contributed by atoms with Gasteiger partial charge in [-0.15, -0.1) is 0 Å². The molecule has 1 amide bonds. The van der Waals surface area contributed by atoms with Crippen LogP contribution >= 0.6 is 11.8 Å². The van der Waals surface area contributed by atoms with Crippen LogP contribution in [0.2, 0.25) is 0 Å². The second kappa shape index (κ2) is 10.1. The lowest BCUT2D eigenvalue weighted by molar-refractivity contribution is -0.127. The van der Waals surface area contributed by atoms with Crippen molar-refractivity contribution >= 4 is 38.8 Å². The number of carbonyl (C=O) groups is 1. The summed E-state index contributed by atoms with van der Waals surface area (Å²) in [6.07, 6.45) is 2.82. The second-order valence-electron chi connectivity index (χ2n) is 7.92. The predicted octanol–water partition coefficient (Wildman–Crippen LogP) is 3.76. The van der Waals surface area contributed by atoms with Gasteiger partial charge in [-0.1, -0.05) is 36.4 Å². The third-order valence-corrected chi connectivity index (χ3v) is 8.34. The molecule has 0 spiro atoms. The fourth-order valence-electron chi connectivity index (χ4n) is 3.77. The van der Waals surface area contributed by atoms with E-state index < -0.39 is 10.0 Å². The molecule has 176 valence electrons. The summed E-state index contributed by atoms with van der Waals surface area (Å²) in [5.41, 5.74) is 1.88. The van der Waals surface area contributed by atoms with E-state index in [1.807, 2.05) is 24.3 Å². The first kappa shape index (κ1) is 23.6. The Morgan fingerprint density at radius 3 is 2.70 bits per heavy atom. The van der Waals surface area contributed by atoms with E-state index in [0.29, 0.717) is 36.0 Å². The molecule has 2 heterocycles. The molecule has 33 heavy (non-hydrogen) atoms. The lowest BCUT2D eigenvalue weighted by Crippen LogP contribution is -2.35. The van der Waals surface area contributed by atoms with Crippen LogP contribution < -0.4 is 4.74 Å². The molecule has 4 rings (SSSR count). The SMILES string of the molecule is COc1ccccc1CN(C)C(=O)CSc1nc2cc(S(=O)(=O)N3CCCCC3)ccc2o1. The van der Waals surface area contributed by atoms with Gasteiger partial charge in [0.05, 0.1) is 17.8 Å². The third kappa shape index (κ3) is 5.34. The molecule has 0 N–H and O–H groups in total. The van der Waals surface area contributed by atoms with Crippen molar-refractivity contribution in [2.75, 3.05) is 33.0 Å². The summed E-state index contributed by atoms with van der Waals surface area (Å²) < 4.78 is 38.5. The average Bonchev–Trinajstić information content (AvgIpc) is 3.25. The number of carbonyl (C=O) groups excluding carboxylic acids is 1. The number of fused-ring (bicyclic) bond motifs is 1. The number of nitrogens with zero attached hydrogens (tertiary/aromatic N) is 3. The number of amides is 1. The average molecular weight is 490 g/mol. The maximum absolute atomic E-state index is 12.9. The first-order valence-electron chi connectivity index (χ1n) is 10.8. The predicted molar refractivity (Wildman–Crippen MR) is 127 cm³/mol. The van der Waals surface area contributed by atoms with Gasteiger partial charge in [0.15, 0.2) is 5.58 Å². The quantitative estimate of drug-likeness (QED) is 0.445. The summed E-state index contributed by atoms with van der Waals surface area (Å²) in [5.74, 6) is 0.804. The Morgan fingerprint density at radius 1 is 1.18 bits per heavy atom. The Labute approximate surface area is 198 Å². The highest BCUT2D eigenvalue weighted by Gasteiger charge is 2.26. The van der Waals surface area contributed by atoms with Gasteiger partial charge in [-0.2, -0.15) is 4.31 Å². The van der Waals surface area contributed by atoms with Crippen LogP contribution in [-0.4, -0.2) is 61.5 Å². The molecule has 0 unspecified atom stereocenters. The molecular formula is C23H27N3O5S2. The highest BCUT2D eigenvalue weighted by Crippen LogP contribution is 2.28. The highest BCUT2D eigenvalue weighted by molar-refractivity contribution is 7.99. The number of oxazole rings is 1. The third-order valence-electron chi connectivity index (χ3n) is 5.64. The van der Waals surface area contributed by atoms with Gasteiger partial charge in [0.25, 0.3) is 5.22 Å². The largest absolute Gasteiger partial charge is 0.496 e. The molecular weight excluding hydrogens is 462 g/mol. The van der Waals surface area contributed by atoms with Crippen LogP contribution in [0.3, 0.4) is 0 Å². The summed E-state index contributed by atoms with van der Waals surface area (Å²) in [5, 5.41) is 0.330. The number of hydrogen-bond donors (Lipinski definition) is 0. The lowest BCUT2D eigenvalue weighted by atomic mass is 10.2. The van der Waals surface area contributed by atoms with Crippen LogP contribution in [0.4, 0.5) is 0 Å². The van der Waals surface area contributed by atoms with Crippen LogP contribution in [0.25, 0.3) is 11.1 Å². The van der Waals surface area contributed by atoms with Crippen molar-refractivity contribution in [2.45, 2.75) is 35.9 Å². The molecule has 8 nitrogen and oxygen atoms in total. The van der Waals surface area contributed by atoms with Crippen molar-refractivity contribution in [2.24, 2.45) is 0 Å². The van der Waals surface area contributed by atoms with E-state index in [4.69, 9.17) is 9.15 Å². The standard InChI is InChI=1S/C23H27N3O5S2/c1-25(15-17-8-4-5-9-20(17)30-2)22(27)16-32-23-24-19-14-18(10-11-21(19)31-23)33(28,29)26-12-6-3-7-13-26/h4-5,8-11,14H,3,6-7,12-13,15-16H2,1-2H3. The minimum Gasteiger partial charge on any atom is -0.496 e. The first-order valence-corrected chi connectivity index (χ1v) is 13.2. The van der Waals surface area contributed by atoms with Gasteiger partial charge in [-0.25, -0.2) is 13.4 Å². The van der Waals surface area contributed by atoms with Gasteiger partial charge >= 0.3 is 0 Å². The molecule has 0 saturated carbocycles. The number of rotatable bonds is 8. The zero-order valence-corrected chi connectivity index (χ0v) is 20.3. The zero-order chi connectivity index (χ0) is 23.4. The molecule has 3 aromatic rings. The summed E-state index contributed by atoms with van der Waals surface area (Å²) in [7, 11) is -0.204. The monoisotopic (exact) mass is 489 g/mol. The van der Waals surface area contributed by atoms with Crippen LogP contribution in [0.1, 0.15) is 24.8 Å². The van der Waals surface area contributed by atoms with E-state index in [1.54, 1.807) is 37.3 Å². The molecule has 0 aliphatic carbocycles. The minimum atomic E-state index is -3.54. The minimum absolute atomic E-state index is 0.0819. The fraction of sp³-hybridized carbons (Fsp3) is 0.391. The van der Waals surface area contributed by atoms with Crippen LogP contribution in [0, 0.1) is 0 Å². The number of sulfonamides is 1. The molecule has 0 radical (unpaired) electrons. The molecule has 0 bridgehead atoms. The normalized spacial score (nSPS) is 15.0. The number of piperidine rings is 1. The van der Waals surface area contributed by atoms with Gasteiger partial charge in [-0.05, 0) is 37.1 Å². The van der Waals surface area contributed by atoms with Gasteiger partial charge in [-0.3, -0.25) is 4.79 Å². The number of para-hydroxylation sites is 1. The summed E-state index contributed by atoms with van der Waals surface area (Å²) >= 11 is 1.18. The van der Waals surface area contributed by atoms with Gasteiger partial charge in [0.2, 0.25) is 15.9 Å². The zero-order valence-electron chi connectivity index (χ0n) is 18.7. The van der Waals surface area contributed by atoms with Crippen molar-refractivity contribution in [1.29, 1.82) is 0 Å². The van der Waals surface area contributed by atoms with E-state index >= 15 is 0 Å². The van der Waals surface area contributed by atoms with Gasteiger partial charge in [0, 0.05) is 32.2 Å². The van der Waals surface area contributed by atoms with E-state index in [9.17, 15) is 13.2 Å². The van der Waals surface area contributed by atoms with Crippen molar-refractivity contribution in [3.05, 3.63) is 48.0 Å². The van der Waals surface area contributed by atoms with Crippen LogP contribution in [0.5, 0.6) is 5.75 Å². The van der Waals surface area contributed by atoms with Gasteiger partial charge < -0.3 is 14.1 Å². The Balaban J connectivity index is 1.41. The van der Waals surface area contributed by atoms with Crippen LogP contribution in [0.15, 0.2) is 57.0 Å². The van der Waals surface area contributed by atoms with E-state index in [1.165, 1.54) is 16.1 Å². The van der Waals surface area contributed by atoms with Crippen molar-refractivity contribution in [1.82, 2.24) is 14.2 Å². The van der Waals surface area contributed by atoms with Crippen molar-refractivity contribution in [3.8, 4) is 5.75 Å². The van der Waals surface area contributed by atoms with Gasteiger partial charge in [0.1, 0.15) is 11.3 Å². The van der Waals surface area contributed by atoms with Crippen molar-refractivity contribution < 1.29 is 22.4 Å². The molecule has 1 aromatic heterocycles. The smallest absolute Gasteiger partial charge is 0.257 e. The number of aromatic nitrogens is 1. The highest BCUT2D eigenvalue weighted by atomic mass is 32.2. The number of ether oxygens (including phenoxy) is 1. The Bertz CT molecular complexity index is 1240. The molecule has 2 aromatic carbocycles. The summed E-state index contributed by atoms with van der Waals surface area (Å²) in [4.78, 5) is 18.8. The lowest BCUT2D eigenvalue weighted by Gasteiger charge is -2.25. The summed E-state index contributed by atoms with van der Waals surface area (Å²) in [6, 6.07) is 12.3. The number of methoxy groups -OCH3 is 1. The van der Waals surface area contributed by atoms with E-state index in [0.717, 1.165) is 30.6 Å².